The van der Waals surface area contributed by atoms with Crippen LogP contribution in [0, 0.1) is 5.41 Å². The molecule has 1 unspecified atom stereocenters. The van der Waals surface area contributed by atoms with Crippen LogP contribution in [-0.4, -0.2) is 72.0 Å². The lowest BCUT2D eigenvalue weighted by Crippen LogP contribution is -2.55. The molecule has 3 aromatic rings. The predicted molar refractivity (Wildman–Crippen MR) is 183 cm³/mol. The molecule has 274 valence electrons. The summed E-state index contributed by atoms with van der Waals surface area (Å²) in [6.07, 6.45) is -4.17. The van der Waals surface area contributed by atoms with E-state index in [1.807, 2.05) is 72.8 Å². The summed E-state index contributed by atoms with van der Waals surface area (Å²) >= 11 is 0. The summed E-state index contributed by atoms with van der Waals surface area (Å²) in [5.41, 5.74) is 24.9. The number of rotatable bonds is 17. The third-order valence-corrected chi connectivity index (χ3v) is 7.10. The number of amides is 3. The fraction of sp³-hybridized carbons (Fsp3) is 0.294. The number of hydrogen-bond donors (Lipinski definition) is 8. The quantitative estimate of drug-likeness (QED) is 0.0573. The Morgan fingerprint density at radius 3 is 1.86 bits per heavy atom. The Hall–Kier alpha value is -5.97. The summed E-state index contributed by atoms with van der Waals surface area (Å²) in [6, 6.07) is 23.5. The molecule has 0 saturated carbocycles. The minimum Gasteiger partial charge on any atom is -0.475 e. The molecule has 51 heavy (non-hydrogen) atoms. The van der Waals surface area contributed by atoms with Crippen molar-refractivity contribution < 1.29 is 42.2 Å². The second-order valence-electron chi connectivity index (χ2n) is 11.1. The molecule has 3 aromatic carbocycles. The van der Waals surface area contributed by atoms with Gasteiger partial charge in [-0.1, -0.05) is 84.9 Å². The van der Waals surface area contributed by atoms with E-state index in [4.69, 9.17) is 43.0 Å². The summed E-state index contributed by atoms with van der Waals surface area (Å²) in [5, 5.41) is 20.3. The molecule has 0 spiro atoms. The van der Waals surface area contributed by atoms with E-state index in [1.165, 1.54) is 0 Å². The van der Waals surface area contributed by atoms with E-state index in [1.54, 1.807) is 12.1 Å². The van der Waals surface area contributed by atoms with Crippen molar-refractivity contribution >= 4 is 35.5 Å². The molecule has 0 bridgehead atoms. The number of alkyl halides is 3. The van der Waals surface area contributed by atoms with Crippen LogP contribution in [0.4, 0.5) is 13.2 Å². The minimum atomic E-state index is -5.08. The van der Waals surface area contributed by atoms with E-state index in [0.717, 1.165) is 16.7 Å². The van der Waals surface area contributed by atoms with Gasteiger partial charge in [0.05, 0.1) is 19.1 Å². The number of carbonyl (C=O) groups is 4. The first-order chi connectivity index (χ1) is 24.1. The standard InChI is InChI=1S/C32H40N8O4.C2HF3O2/c33-28(34)24-15-13-21(14-16-24)18-25(23-10-5-2-6-11-23)30(42)40-27(20-44-19-22-8-3-1-4-9-22)31(43)39-26(29(35)41)12-7-17-38-32(36)37;3-2(4,5)1(6)7/h1-6,8-11,13-16,25-27H,7,12,17-20H2,(H3,33,34)(H2,35,41)(H,39,43)(H,40,42)(H4,36,37,38);(H,6,7)/t25?,26-,27-;/m0./s1. The van der Waals surface area contributed by atoms with E-state index < -0.39 is 47.9 Å². The number of nitrogens with zero attached hydrogens (tertiary/aromatic N) is 1. The number of hydrogen-bond acceptors (Lipinski definition) is 7. The maximum atomic E-state index is 13.8. The molecule has 0 radical (unpaired) electrons. The van der Waals surface area contributed by atoms with E-state index >= 15 is 0 Å². The van der Waals surface area contributed by atoms with Crippen LogP contribution in [0.5, 0.6) is 0 Å². The zero-order valence-electron chi connectivity index (χ0n) is 27.4. The number of primary amides is 1. The minimum absolute atomic E-state index is 0.0521. The van der Waals surface area contributed by atoms with Crippen molar-refractivity contribution in [2.45, 2.75) is 50.0 Å². The molecule has 0 aromatic heterocycles. The highest BCUT2D eigenvalue weighted by Crippen LogP contribution is 2.22. The number of carboxylic acid groups (broad SMARTS) is 1. The van der Waals surface area contributed by atoms with Crippen LogP contribution in [-0.2, 0) is 36.9 Å². The normalized spacial score (nSPS) is 12.5. The molecular weight excluding hydrogens is 673 g/mol. The predicted octanol–water partition coefficient (Wildman–Crippen LogP) is 1.66. The maximum Gasteiger partial charge on any atom is 0.490 e. The van der Waals surface area contributed by atoms with Gasteiger partial charge in [0.2, 0.25) is 17.7 Å². The second-order valence-corrected chi connectivity index (χ2v) is 11.1. The van der Waals surface area contributed by atoms with E-state index in [9.17, 15) is 27.6 Å². The number of amidine groups is 1. The molecule has 0 heterocycles. The van der Waals surface area contributed by atoms with Gasteiger partial charge >= 0.3 is 12.1 Å². The molecule has 0 aliphatic heterocycles. The first-order valence-electron chi connectivity index (χ1n) is 15.4. The first-order valence-corrected chi connectivity index (χ1v) is 15.4. The van der Waals surface area contributed by atoms with Crippen molar-refractivity contribution in [2.75, 3.05) is 13.2 Å². The molecule has 14 nitrogen and oxygen atoms in total. The fourth-order valence-electron chi connectivity index (χ4n) is 4.49. The smallest absolute Gasteiger partial charge is 0.475 e. The van der Waals surface area contributed by atoms with Crippen LogP contribution in [0.2, 0.25) is 0 Å². The number of aliphatic imine (C=N–C) groups is 1. The van der Waals surface area contributed by atoms with E-state index in [-0.39, 0.29) is 38.0 Å². The molecule has 0 aliphatic carbocycles. The Morgan fingerprint density at radius 1 is 0.804 bits per heavy atom. The SMILES string of the molecule is N=C(N)c1ccc(CC(C(=O)N[C@@H](COCc2ccccc2)C(=O)N[C@@H](CCCN=C(N)N)C(N)=O)c2ccccc2)cc1.O=C(O)C(F)(F)F. The number of nitrogens with two attached hydrogens (primary N) is 4. The lowest BCUT2D eigenvalue weighted by atomic mass is 9.90. The second kappa shape index (κ2) is 20.5. The molecule has 0 saturated heterocycles. The van der Waals surface area contributed by atoms with Crippen LogP contribution >= 0.6 is 0 Å². The van der Waals surface area contributed by atoms with Gasteiger partial charge < -0.3 is 43.4 Å². The molecule has 12 N–H and O–H groups in total. The number of benzene rings is 3. The van der Waals surface area contributed by atoms with Crippen molar-refractivity contribution in [1.82, 2.24) is 10.6 Å². The van der Waals surface area contributed by atoms with Gasteiger partial charge in [0, 0.05) is 12.1 Å². The summed E-state index contributed by atoms with van der Waals surface area (Å²) in [7, 11) is 0. The van der Waals surface area contributed by atoms with Crippen LogP contribution < -0.4 is 33.6 Å². The third kappa shape index (κ3) is 15.4. The Kier molecular flexibility index (Phi) is 16.6. The number of guanidine groups is 1. The lowest BCUT2D eigenvalue weighted by molar-refractivity contribution is -0.192. The van der Waals surface area contributed by atoms with Crippen molar-refractivity contribution in [3.05, 3.63) is 107 Å². The topological polar surface area (TPSA) is 262 Å². The number of aliphatic carboxylic acids is 1. The zero-order chi connectivity index (χ0) is 38.0. The van der Waals surface area contributed by atoms with E-state index in [2.05, 4.69) is 15.6 Å². The summed E-state index contributed by atoms with van der Waals surface area (Å²) in [5.74, 6) is -5.29. The van der Waals surface area contributed by atoms with Crippen LogP contribution in [0.1, 0.15) is 41.0 Å². The highest BCUT2D eigenvalue weighted by Gasteiger charge is 2.38. The van der Waals surface area contributed by atoms with Gasteiger partial charge in [-0.15, -0.1) is 0 Å². The molecular formula is C34H41F3N8O6. The highest BCUT2D eigenvalue weighted by molar-refractivity contribution is 5.95. The Labute approximate surface area is 291 Å². The molecule has 3 amide bonds. The average Bonchev–Trinajstić information content (AvgIpc) is 3.08. The van der Waals surface area contributed by atoms with Gasteiger partial charge in [-0.25, -0.2) is 4.79 Å². The third-order valence-electron chi connectivity index (χ3n) is 7.10. The molecule has 17 heteroatoms. The lowest BCUT2D eigenvalue weighted by Gasteiger charge is -2.25. The Bertz CT molecular complexity index is 1620. The number of halogens is 3. The molecule has 0 aliphatic rings. The molecule has 3 rings (SSSR count). The van der Waals surface area contributed by atoms with Gasteiger partial charge in [-0.3, -0.25) is 24.8 Å². The largest absolute Gasteiger partial charge is 0.490 e. The van der Waals surface area contributed by atoms with Crippen molar-refractivity contribution in [1.29, 1.82) is 5.41 Å². The van der Waals surface area contributed by atoms with Crippen LogP contribution in [0.25, 0.3) is 0 Å². The average molecular weight is 715 g/mol. The van der Waals surface area contributed by atoms with Gasteiger partial charge in [0.25, 0.3) is 0 Å². The highest BCUT2D eigenvalue weighted by atomic mass is 19.4. The maximum absolute atomic E-state index is 13.8. The van der Waals surface area contributed by atoms with Crippen molar-refractivity contribution in [3.8, 4) is 0 Å². The number of carbonyl (C=O) groups excluding carboxylic acids is 3. The zero-order valence-corrected chi connectivity index (χ0v) is 27.4. The Balaban J connectivity index is 0.00000116. The summed E-state index contributed by atoms with van der Waals surface area (Å²) < 4.78 is 37.6. The van der Waals surface area contributed by atoms with Gasteiger partial charge in [-0.2, -0.15) is 13.2 Å². The number of nitrogen functional groups attached to an aromatic ring is 1. The summed E-state index contributed by atoms with van der Waals surface area (Å²) in [6.45, 7) is 0.318. The number of ether oxygens (including phenoxy) is 1. The van der Waals surface area contributed by atoms with Crippen molar-refractivity contribution in [3.63, 3.8) is 0 Å². The fourth-order valence-corrected chi connectivity index (χ4v) is 4.49. The molecule has 3 atom stereocenters. The Morgan fingerprint density at radius 2 is 1.35 bits per heavy atom. The molecule has 0 fully saturated rings. The first kappa shape index (κ1) is 41.2. The number of nitrogens with one attached hydrogen (secondary N) is 3. The van der Waals surface area contributed by atoms with Gasteiger partial charge in [-0.05, 0) is 36.0 Å². The van der Waals surface area contributed by atoms with Crippen LogP contribution in [0.3, 0.4) is 0 Å². The van der Waals surface area contributed by atoms with Crippen molar-refractivity contribution in [2.24, 2.45) is 27.9 Å². The monoisotopic (exact) mass is 714 g/mol. The number of carboxylic acids is 1. The van der Waals surface area contributed by atoms with Crippen LogP contribution in [0.15, 0.2) is 89.9 Å². The summed E-state index contributed by atoms with van der Waals surface area (Å²) in [4.78, 5) is 52.3. The van der Waals surface area contributed by atoms with Gasteiger partial charge in [0.15, 0.2) is 5.96 Å². The van der Waals surface area contributed by atoms with E-state index in [0.29, 0.717) is 18.4 Å². The van der Waals surface area contributed by atoms with Gasteiger partial charge in [0.1, 0.15) is 17.9 Å².